The van der Waals surface area contributed by atoms with Crippen molar-refractivity contribution in [3.63, 3.8) is 0 Å². The molecule has 1 saturated carbocycles. The number of fused-ring (bicyclic) bond motifs is 2. The highest BCUT2D eigenvalue weighted by Crippen LogP contribution is 2.49. The van der Waals surface area contributed by atoms with Crippen LogP contribution in [0.4, 0.5) is 0 Å². The molecule has 0 unspecified atom stereocenters. The lowest BCUT2D eigenvalue weighted by Crippen LogP contribution is -2.56. The minimum Gasteiger partial charge on any atom is -0.497 e. The van der Waals surface area contributed by atoms with Gasteiger partial charge < -0.3 is 20.1 Å². The number of aliphatic hydroxyl groups is 1. The number of hydrogen-bond donors (Lipinski definition) is 3. The Balaban J connectivity index is 1.31. The van der Waals surface area contributed by atoms with Crippen LogP contribution in [0.15, 0.2) is 42.5 Å². The van der Waals surface area contributed by atoms with Crippen molar-refractivity contribution in [3.05, 3.63) is 64.8 Å². The number of aromatic amines is 1. The highest BCUT2D eigenvalue weighted by molar-refractivity contribution is 5.85. The van der Waals surface area contributed by atoms with Crippen molar-refractivity contribution in [2.45, 2.75) is 64.1 Å². The van der Waals surface area contributed by atoms with Crippen LogP contribution in [0.1, 0.15) is 60.5 Å². The summed E-state index contributed by atoms with van der Waals surface area (Å²) in [5, 5.41) is 15.8. The zero-order chi connectivity index (χ0) is 24.6. The molecule has 0 spiro atoms. The molecule has 1 aromatic heterocycles. The van der Waals surface area contributed by atoms with Crippen molar-refractivity contribution < 1.29 is 14.6 Å². The number of rotatable bonds is 6. The molecule has 5 rings (SSSR count). The predicted molar refractivity (Wildman–Crippen MR) is 138 cm³/mol. The van der Waals surface area contributed by atoms with Crippen LogP contribution in [-0.4, -0.2) is 46.7 Å². The van der Waals surface area contributed by atoms with Crippen molar-refractivity contribution >= 4 is 16.8 Å². The van der Waals surface area contributed by atoms with Gasteiger partial charge in [0.2, 0.25) is 5.91 Å². The number of aryl methyl sites for hydroxylation is 2. The number of methoxy groups -OCH3 is 1. The van der Waals surface area contributed by atoms with Crippen LogP contribution in [0, 0.1) is 19.8 Å². The Hall–Kier alpha value is -2.83. The third kappa shape index (κ3) is 4.69. The van der Waals surface area contributed by atoms with E-state index in [-0.39, 0.29) is 17.9 Å². The fourth-order valence-corrected chi connectivity index (χ4v) is 6.22. The van der Waals surface area contributed by atoms with Gasteiger partial charge >= 0.3 is 0 Å². The molecular formula is C29H37N3O3. The van der Waals surface area contributed by atoms with Crippen LogP contribution in [-0.2, 0) is 11.3 Å². The highest BCUT2D eigenvalue weighted by atomic mass is 16.5. The maximum absolute atomic E-state index is 13.1. The average molecular weight is 476 g/mol. The van der Waals surface area contributed by atoms with E-state index in [1.807, 2.05) is 12.1 Å². The monoisotopic (exact) mass is 475 g/mol. The van der Waals surface area contributed by atoms with E-state index < -0.39 is 5.60 Å². The summed E-state index contributed by atoms with van der Waals surface area (Å²) in [6.07, 6.45) is 4.76. The minimum atomic E-state index is -0.641. The van der Waals surface area contributed by atoms with E-state index in [1.54, 1.807) is 7.11 Å². The number of carbonyl (C=O) groups excluding carboxylic acids is 1. The number of aromatic nitrogens is 1. The van der Waals surface area contributed by atoms with E-state index in [4.69, 9.17) is 4.74 Å². The molecular weight excluding hydrogens is 438 g/mol. The summed E-state index contributed by atoms with van der Waals surface area (Å²) in [4.78, 5) is 18.8. The summed E-state index contributed by atoms with van der Waals surface area (Å²) in [5.41, 5.74) is 5.16. The van der Waals surface area contributed by atoms with Gasteiger partial charge in [0.05, 0.1) is 19.3 Å². The van der Waals surface area contributed by atoms with Crippen LogP contribution in [0.5, 0.6) is 5.75 Å². The summed E-state index contributed by atoms with van der Waals surface area (Å²) in [7, 11) is 1.67. The maximum Gasteiger partial charge on any atom is 0.234 e. The number of amides is 1. The van der Waals surface area contributed by atoms with E-state index in [9.17, 15) is 9.90 Å². The molecule has 1 aliphatic carbocycles. The molecule has 0 bridgehead atoms. The Kier molecular flexibility index (Phi) is 6.60. The van der Waals surface area contributed by atoms with Gasteiger partial charge in [0, 0.05) is 41.6 Å². The van der Waals surface area contributed by atoms with Crippen molar-refractivity contribution in [1.82, 2.24) is 15.2 Å². The van der Waals surface area contributed by atoms with E-state index in [0.29, 0.717) is 19.6 Å². The molecule has 3 atom stereocenters. The normalized spacial score (nSPS) is 24.8. The molecule has 0 radical (unpaired) electrons. The van der Waals surface area contributed by atoms with Gasteiger partial charge in [-0.1, -0.05) is 31.0 Å². The molecule has 186 valence electrons. The highest BCUT2D eigenvalue weighted by Gasteiger charge is 2.49. The standard InChI is InChI=1S/C29H37N3O3/c1-19-20(2)31-26-12-7-21(16-24(19)26)17-30-27(33)18-32-15-14-29(34)13-5-4-6-25(29)28(32)22-8-10-23(35-3)11-9-22/h7-12,16,25,28,31,34H,4-6,13-15,17-18H2,1-3H3,(H,30,33)/t25-,28-,29-/m1/s1. The van der Waals surface area contributed by atoms with Crippen LogP contribution in [0.3, 0.4) is 0 Å². The second-order valence-corrected chi connectivity index (χ2v) is 10.4. The number of nitrogens with zero attached hydrogens (tertiary/aromatic N) is 1. The summed E-state index contributed by atoms with van der Waals surface area (Å²) >= 11 is 0. The lowest BCUT2D eigenvalue weighted by atomic mass is 9.66. The SMILES string of the molecule is COc1ccc([C@@H]2[C@H]3CCCC[C@@]3(O)CCN2CC(=O)NCc2ccc3[nH]c(C)c(C)c3c2)cc1. The van der Waals surface area contributed by atoms with Gasteiger partial charge in [-0.15, -0.1) is 0 Å². The number of carbonyl (C=O) groups is 1. The quantitative estimate of drug-likeness (QED) is 0.480. The van der Waals surface area contributed by atoms with Gasteiger partial charge in [0.25, 0.3) is 0 Å². The summed E-state index contributed by atoms with van der Waals surface area (Å²) in [6, 6.07) is 14.5. The fourth-order valence-electron chi connectivity index (χ4n) is 6.22. The van der Waals surface area contributed by atoms with Gasteiger partial charge in [-0.3, -0.25) is 9.69 Å². The first-order valence-electron chi connectivity index (χ1n) is 12.8. The largest absolute Gasteiger partial charge is 0.497 e. The number of H-pyrrole nitrogens is 1. The van der Waals surface area contributed by atoms with Crippen molar-refractivity contribution in [2.24, 2.45) is 5.92 Å². The number of likely N-dealkylation sites (tertiary alicyclic amines) is 1. The van der Waals surface area contributed by atoms with Gasteiger partial charge in [-0.05, 0) is 74.1 Å². The fraction of sp³-hybridized carbons (Fsp3) is 0.483. The van der Waals surface area contributed by atoms with Crippen molar-refractivity contribution in [2.75, 3.05) is 20.2 Å². The zero-order valence-corrected chi connectivity index (χ0v) is 21.1. The number of hydrogen-bond acceptors (Lipinski definition) is 4. The lowest BCUT2D eigenvalue weighted by molar-refractivity contribution is -0.138. The first-order valence-corrected chi connectivity index (χ1v) is 12.8. The van der Waals surface area contributed by atoms with Crippen LogP contribution < -0.4 is 10.1 Å². The van der Waals surface area contributed by atoms with Gasteiger partial charge in [0.1, 0.15) is 5.75 Å². The Labute approximate surface area is 207 Å². The first-order chi connectivity index (χ1) is 16.9. The number of ether oxygens (including phenoxy) is 1. The number of benzene rings is 2. The maximum atomic E-state index is 13.1. The molecule has 1 aliphatic heterocycles. The molecule has 2 heterocycles. The Morgan fingerprint density at radius 2 is 1.97 bits per heavy atom. The Morgan fingerprint density at radius 3 is 2.74 bits per heavy atom. The second kappa shape index (κ2) is 9.67. The molecule has 3 aromatic rings. The molecule has 6 heteroatoms. The van der Waals surface area contributed by atoms with Crippen molar-refractivity contribution in [1.29, 1.82) is 0 Å². The molecule has 2 aromatic carbocycles. The summed E-state index contributed by atoms with van der Waals surface area (Å²) < 4.78 is 5.35. The van der Waals surface area contributed by atoms with Gasteiger partial charge in [0.15, 0.2) is 0 Å². The molecule has 2 aliphatic rings. The van der Waals surface area contributed by atoms with E-state index in [0.717, 1.165) is 54.5 Å². The summed E-state index contributed by atoms with van der Waals surface area (Å²) in [5.74, 6) is 0.970. The number of nitrogens with one attached hydrogen (secondary N) is 2. The number of piperidine rings is 1. The smallest absolute Gasteiger partial charge is 0.234 e. The van der Waals surface area contributed by atoms with Crippen LogP contribution in [0.2, 0.25) is 0 Å². The molecule has 1 saturated heterocycles. The van der Waals surface area contributed by atoms with Crippen LogP contribution >= 0.6 is 0 Å². The zero-order valence-electron chi connectivity index (χ0n) is 21.1. The van der Waals surface area contributed by atoms with E-state index >= 15 is 0 Å². The Morgan fingerprint density at radius 1 is 1.17 bits per heavy atom. The predicted octanol–water partition coefficient (Wildman–Crippen LogP) is 4.78. The van der Waals surface area contributed by atoms with Gasteiger partial charge in [-0.2, -0.15) is 0 Å². The second-order valence-electron chi connectivity index (χ2n) is 10.4. The van der Waals surface area contributed by atoms with Crippen LogP contribution in [0.25, 0.3) is 10.9 Å². The minimum absolute atomic E-state index is 0.0202. The molecule has 1 amide bonds. The van der Waals surface area contributed by atoms with E-state index in [2.05, 4.69) is 59.4 Å². The van der Waals surface area contributed by atoms with E-state index in [1.165, 1.54) is 16.6 Å². The third-order valence-corrected chi connectivity index (χ3v) is 8.34. The van der Waals surface area contributed by atoms with Crippen molar-refractivity contribution in [3.8, 4) is 5.75 Å². The third-order valence-electron chi connectivity index (χ3n) is 8.34. The lowest BCUT2D eigenvalue weighted by Gasteiger charge is -2.52. The summed E-state index contributed by atoms with van der Waals surface area (Å²) in [6.45, 7) is 5.76. The Bertz CT molecular complexity index is 1200. The van der Waals surface area contributed by atoms with Gasteiger partial charge in [-0.25, -0.2) is 0 Å². The average Bonchev–Trinajstić information content (AvgIpc) is 3.15. The molecule has 2 fully saturated rings. The first kappa shape index (κ1) is 23.9. The molecule has 35 heavy (non-hydrogen) atoms. The topological polar surface area (TPSA) is 77.6 Å². The molecule has 3 N–H and O–H groups in total. The molecule has 6 nitrogen and oxygen atoms in total.